The monoisotopic (exact) mass is 206 g/mol. The summed E-state index contributed by atoms with van der Waals surface area (Å²) in [5.41, 5.74) is 3.35. The van der Waals surface area contributed by atoms with E-state index in [0.717, 1.165) is 11.8 Å². The van der Waals surface area contributed by atoms with Crippen molar-refractivity contribution in [1.29, 1.82) is 0 Å². The lowest BCUT2D eigenvalue weighted by Crippen LogP contribution is -1.93. The Morgan fingerprint density at radius 2 is 1.87 bits per heavy atom. The van der Waals surface area contributed by atoms with Crippen molar-refractivity contribution in [2.24, 2.45) is 11.8 Å². The third-order valence-electron chi connectivity index (χ3n) is 3.03. The van der Waals surface area contributed by atoms with E-state index in [0.29, 0.717) is 0 Å². The highest BCUT2D eigenvalue weighted by Gasteiger charge is 2.10. The van der Waals surface area contributed by atoms with E-state index in [9.17, 15) is 0 Å². The second-order valence-electron chi connectivity index (χ2n) is 5.62. The molecular formula is C15H26. The Bertz CT molecular complexity index is 241. The zero-order valence-corrected chi connectivity index (χ0v) is 10.8. The van der Waals surface area contributed by atoms with Gasteiger partial charge in [0.2, 0.25) is 0 Å². The van der Waals surface area contributed by atoms with Crippen molar-refractivity contribution >= 4 is 0 Å². The highest BCUT2D eigenvalue weighted by atomic mass is 14.2. The summed E-state index contributed by atoms with van der Waals surface area (Å²) >= 11 is 0. The van der Waals surface area contributed by atoms with Gasteiger partial charge in [-0.1, -0.05) is 51.8 Å². The summed E-state index contributed by atoms with van der Waals surface area (Å²) in [7, 11) is 0. The van der Waals surface area contributed by atoms with Crippen LogP contribution in [0, 0.1) is 11.8 Å². The molecular weight excluding hydrogens is 180 g/mol. The van der Waals surface area contributed by atoms with Crippen LogP contribution in [0.25, 0.3) is 0 Å². The van der Waals surface area contributed by atoms with E-state index in [4.69, 9.17) is 0 Å². The van der Waals surface area contributed by atoms with Crippen LogP contribution in [0.2, 0.25) is 0 Å². The van der Waals surface area contributed by atoms with E-state index >= 15 is 0 Å². The molecule has 0 saturated heterocycles. The molecule has 0 aliphatic heterocycles. The van der Waals surface area contributed by atoms with Crippen LogP contribution in [-0.4, -0.2) is 0 Å². The lowest BCUT2D eigenvalue weighted by Gasteiger charge is -2.10. The molecule has 0 saturated carbocycles. The van der Waals surface area contributed by atoms with Gasteiger partial charge in [-0.05, 0) is 43.1 Å². The zero-order chi connectivity index (χ0) is 11.3. The molecule has 0 heterocycles. The number of allylic oxidation sites excluding steroid dienone is 4. The molecule has 86 valence electrons. The molecule has 0 nitrogen and oxygen atoms in total. The van der Waals surface area contributed by atoms with Gasteiger partial charge in [0.15, 0.2) is 0 Å². The van der Waals surface area contributed by atoms with Gasteiger partial charge in [0.1, 0.15) is 0 Å². The smallest absolute Gasteiger partial charge is 0.0130 e. The number of hydrogen-bond donors (Lipinski definition) is 0. The van der Waals surface area contributed by atoms with Crippen molar-refractivity contribution in [1.82, 2.24) is 0 Å². The second kappa shape index (κ2) is 6.15. The molecule has 0 bridgehead atoms. The summed E-state index contributed by atoms with van der Waals surface area (Å²) in [4.78, 5) is 0. The Hall–Kier alpha value is -0.520. The Kier molecular flexibility index (Phi) is 5.14. The van der Waals surface area contributed by atoms with Crippen molar-refractivity contribution in [2.75, 3.05) is 0 Å². The third-order valence-corrected chi connectivity index (χ3v) is 3.03. The number of rotatable bonds is 6. The van der Waals surface area contributed by atoms with Crippen molar-refractivity contribution in [3.63, 3.8) is 0 Å². The fraction of sp³-hybridized carbons (Fsp3) is 0.733. The van der Waals surface area contributed by atoms with E-state index in [1.54, 1.807) is 11.1 Å². The second-order valence-corrected chi connectivity index (χ2v) is 5.62. The first-order chi connectivity index (χ1) is 7.09. The van der Waals surface area contributed by atoms with Crippen molar-refractivity contribution < 1.29 is 0 Å². The minimum atomic E-state index is 0.794. The minimum Gasteiger partial charge on any atom is -0.0802 e. The highest BCUT2D eigenvalue weighted by Crippen LogP contribution is 2.28. The summed E-state index contributed by atoms with van der Waals surface area (Å²) in [6.45, 7) is 9.25. The van der Waals surface area contributed by atoms with Crippen LogP contribution in [0.1, 0.15) is 59.8 Å². The molecule has 0 fully saturated rings. The van der Waals surface area contributed by atoms with Crippen LogP contribution in [0.5, 0.6) is 0 Å². The van der Waals surface area contributed by atoms with Gasteiger partial charge in [-0.25, -0.2) is 0 Å². The third kappa shape index (κ3) is 4.68. The summed E-state index contributed by atoms with van der Waals surface area (Å²) in [6, 6.07) is 0. The number of hydrogen-bond acceptors (Lipinski definition) is 0. The Labute approximate surface area is 95.5 Å². The zero-order valence-electron chi connectivity index (χ0n) is 10.8. The van der Waals surface area contributed by atoms with Gasteiger partial charge >= 0.3 is 0 Å². The van der Waals surface area contributed by atoms with Gasteiger partial charge in [0.05, 0.1) is 0 Å². The average Bonchev–Trinajstić information content (AvgIpc) is 2.51. The van der Waals surface area contributed by atoms with Gasteiger partial charge in [-0.3, -0.25) is 0 Å². The molecule has 1 aliphatic rings. The van der Waals surface area contributed by atoms with Crippen LogP contribution in [-0.2, 0) is 0 Å². The van der Waals surface area contributed by atoms with Crippen molar-refractivity contribution in [3.05, 3.63) is 23.3 Å². The first-order valence-corrected chi connectivity index (χ1v) is 6.47. The normalized spacial score (nSPS) is 16.1. The maximum absolute atomic E-state index is 2.35. The molecule has 0 aromatic heterocycles. The summed E-state index contributed by atoms with van der Waals surface area (Å²) in [5.74, 6) is 1.65. The molecule has 1 rings (SSSR count). The van der Waals surface area contributed by atoms with Crippen LogP contribution >= 0.6 is 0 Å². The molecule has 0 spiro atoms. The molecule has 0 atom stereocenters. The van der Waals surface area contributed by atoms with Crippen LogP contribution in [0.15, 0.2) is 23.3 Å². The maximum Gasteiger partial charge on any atom is -0.0130 e. The Balaban J connectivity index is 2.38. The Morgan fingerprint density at radius 3 is 2.47 bits per heavy atom. The van der Waals surface area contributed by atoms with E-state index < -0.39 is 0 Å². The fourth-order valence-electron chi connectivity index (χ4n) is 2.23. The average molecular weight is 206 g/mol. The van der Waals surface area contributed by atoms with Crippen LogP contribution < -0.4 is 0 Å². The maximum atomic E-state index is 2.35. The molecule has 0 N–H and O–H groups in total. The molecule has 15 heavy (non-hydrogen) atoms. The van der Waals surface area contributed by atoms with Gasteiger partial charge in [0, 0.05) is 0 Å². The van der Waals surface area contributed by atoms with E-state index in [-0.39, 0.29) is 0 Å². The molecule has 0 unspecified atom stereocenters. The minimum absolute atomic E-state index is 0.794. The highest BCUT2D eigenvalue weighted by molar-refractivity contribution is 5.33. The van der Waals surface area contributed by atoms with Gasteiger partial charge < -0.3 is 0 Å². The Morgan fingerprint density at radius 1 is 1.13 bits per heavy atom. The summed E-state index contributed by atoms with van der Waals surface area (Å²) < 4.78 is 0. The lowest BCUT2D eigenvalue weighted by molar-refractivity contribution is 0.551. The van der Waals surface area contributed by atoms with E-state index in [1.807, 2.05) is 0 Å². The first kappa shape index (κ1) is 12.5. The molecule has 0 aromatic carbocycles. The quantitative estimate of drug-likeness (QED) is 0.566. The van der Waals surface area contributed by atoms with Crippen LogP contribution in [0.4, 0.5) is 0 Å². The molecule has 0 heteroatoms. The summed E-state index contributed by atoms with van der Waals surface area (Å²) in [5, 5.41) is 0. The van der Waals surface area contributed by atoms with E-state index in [2.05, 4.69) is 39.8 Å². The van der Waals surface area contributed by atoms with Crippen molar-refractivity contribution in [3.8, 4) is 0 Å². The molecule has 0 amide bonds. The summed E-state index contributed by atoms with van der Waals surface area (Å²) in [6.07, 6.45) is 11.3. The van der Waals surface area contributed by atoms with Gasteiger partial charge in [-0.2, -0.15) is 0 Å². The van der Waals surface area contributed by atoms with Crippen molar-refractivity contribution in [2.45, 2.75) is 59.8 Å². The fourth-order valence-corrected chi connectivity index (χ4v) is 2.23. The molecule has 0 aromatic rings. The molecule has 1 aliphatic carbocycles. The largest absolute Gasteiger partial charge is 0.0802 e. The topological polar surface area (TPSA) is 0 Å². The SMILES string of the molecule is CC(C)CCCC1=C(CC(C)C)C=CC1. The van der Waals surface area contributed by atoms with Crippen LogP contribution in [0.3, 0.4) is 0 Å². The van der Waals surface area contributed by atoms with Gasteiger partial charge in [-0.15, -0.1) is 0 Å². The standard InChI is InChI=1S/C15H26/c1-12(2)7-5-8-14-9-6-10-15(14)11-13(3)4/h6,10,12-13H,5,7-9,11H2,1-4H3. The first-order valence-electron chi connectivity index (χ1n) is 6.47. The lowest BCUT2D eigenvalue weighted by atomic mass is 9.96. The molecule has 0 radical (unpaired) electrons. The predicted octanol–water partition coefficient (Wildman–Crippen LogP) is 5.12. The van der Waals surface area contributed by atoms with Gasteiger partial charge in [0.25, 0.3) is 0 Å². The predicted molar refractivity (Wildman–Crippen MR) is 68.9 cm³/mol. The van der Waals surface area contributed by atoms with E-state index in [1.165, 1.54) is 32.1 Å².